The van der Waals surface area contributed by atoms with Gasteiger partial charge in [-0.3, -0.25) is 4.79 Å². The van der Waals surface area contributed by atoms with Gasteiger partial charge in [0.1, 0.15) is 5.82 Å². The van der Waals surface area contributed by atoms with Crippen LogP contribution in [0.2, 0.25) is 0 Å². The molecule has 3 heterocycles. The Labute approximate surface area is 189 Å². The molecular formula is C22H26F3N7O. The molecule has 1 fully saturated rings. The number of aromatic nitrogens is 4. The number of halogens is 3. The lowest BCUT2D eigenvalue weighted by Gasteiger charge is -2.33. The first-order valence-electron chi connectivity index (χ1n) is 10.8. The maximum absolute atomic E-state index is 13.1. The highest BCUT2D eigenvalue weighted by Crippen LogP contribution is 2.28. The average Bonchev–Trinajstić information content (AvgIpc) is 3.26. The molecule has 1 saturated heterocycles. The standard InChI is InChI=1S/C22H26F3N7O/c1-15(30(2)17-6-4-3-5-7-17)14-26-20(33)16-10-12-31(13-11-16)19-9-8-18-27-28-21(22(23,24)25)32(18)29-19/h3-9,15-16H,10-14H2,1-2H3,(H,26,33). The van der Waals surface area contributed by atoms with E-state index in [1.54, 1.807) is 6.07 Å². The number of rotatable bonds is 6. The van der Waals surface area contributed by atoms with Crippen LogP contribution in [-0.2, 0) is 11.0 Å². The van der Waals surface area contributed by atoms with Gasteiger partial charge in [-0.2, -0.15) is 17.7 Å². The first kappa shape index (κ1) is 22.8. The molecule has 33 heavy (non-hydrogen) atoms. The van der Waals surface area contributed by atoms with Gasteiger partial charge in [-0.15, -0.1) is 15.3 Å². The van der Waals surface area contributed by atoms with Crippen LogP contribution in [0, 0.1) is 5.92 Å². The Morgan fingerprint density at radius 1 is 1.15 bits per heavy atom. The van der Waals surface area contributed by atoms with Crippen LogP contribution in [0.5, 0.6) is 0 Å². The maximum Gasteiger partial charge on any atom is 0.453 e. The first-order chi connectivity index (χ1) is 15.7. The van der Waals surface area contributed by atoms with Gasteiger partial charge >= 0.3 is 6.18 Å². The predicted molar refractivity (Wildman–Crippen MR) is 118 cm³/mol. The molecule has 8 nitrogen and oxygen atoms in total. The topological polar surface area (TPSA) is 78.7 Å². The zero-order chi connectivity index (χ0) is 23.6. The van der Waals surface area contributed by atoms with Crippen molar-refractivity contribution in [2.24, 2.45) is 5.92 Å². The summed E-state index contributed by atoms with van der Waals surface area (Å²) in [6, 6.07) is 13.2. The fourth-order valence-corrected chi connectivity index (χ4v) is 3.94. The molecular weight excluding hydrogens is 435 g/mol. The van der Waals surface area contributed by atoms with Gasteiger partial charge in [0, 0.05) is 44.3 Å². The van der Waals surface area contributed by atoms with Gasteiger partial charge in [-0.1, -0.05) is 18.2 Å². The van der Waals surface area contributed by atoms with Gasteiger partial charge < -0.3 is 15.1 Å². The van der Waals surface area contributed by atoms with E-state index in [2.05, 4.69) is 32.4 Å². The van der Waals surface area contributed by atoms with Gasteiger partial charge in [0.2, 0.25) is 5.91 Å². The molecule has 1 N–H and O–H groups in total. The van der Waals surface area contributed by atoms with Crippen molar-refractivity contribution in [3.8, 4) is 0 Å². The maximum atomic E-state index is 13.1. The fraction of sp³-hybridized carbons (Fsp3) is 0.455. The van der Waals surface area contributed by atoms with E-state index < -0.39 is 12.0 Å². The summed E-state index contributed by atoms with van der Waals surface area (Å²) in [6.45, 7) is 3.63. The molecule has 0 spiro atoms. The van der Waals surface area contributed by atoms with Crippen molar-refractivity contribution in [3.05, 3.63) is 48.3 Å². The van der Waals surface area contributed by atoms with Crippen LogP contribution in [0.25, 0.3) is 5.65 Å². The SMILES string of the molecule is CC(CNC(=O)C1CCN(c2ccc3nnc(C(F)(F)F)n3n2)CC1)N(C)c1ccccc1. The third kappa shape index (κ3) is 5.01. The monoisotopic (exact) mass is 461 g/mol. The molecule has 0 bridgehead atoms. The van der Waals surface area contributed by atoms with E-state index in [0.29, 0.717) is 38.3 Å². The number of piperidine rings is 1. The van der Waals surface area contributed by atoms with Crippen molar-refractivity contribution >= 4 is 23.1 Å². The van der Waals surface area contributed by atoms with E-state index >= 15 is 0 Å². The number of likely N-dealkylation sites (N-methyl/N-ethyl adjacent to an activating group) is 1. The van der Waals surface area contributed by atoms with Crippen LogP contribution in [-0.4, -0.2) is 58.4 Å². The van der Waals surface area contributed by atoms with Crippen molar-refractivity contribution in [1.82, 2.24) is 25.1 Å². The summed E-state index contributed by atoms with van der Waals surface area (Å²) in [4.78, 5) is 16.7. The van der Waals surface area contributed by atoms with E-state index in [1.807, 2.05) is 42.3 Å². The van der Waals surface area contributed by atoms with Crippen LogP contribution < -0.4 is 15.1 Å². The molecule has 1 aliphatic rings. The quantitative estimate of drug-likeness (QED) is 0.608. The molecule has 1 unspecified atom stereocenters. The molecule has 1 aromatic carbocycles. The number of fused-ring (bicyclic) bond motifs is 1. The number of amides is 1. The van der Waals surface area contributed by atoms with E-state index in [9.17, 15) is 18.0 Å². The zero-order valence-electron chi connectivity index (χ0n) is 18.5. The summed E-state index contributed by atoms with van der Waals surface area (Å²) >= 11 is 0. The average molecular weight is 461 g/mol. The van der Waals surface area contributed by atoms with Crippen molar-refractivity contribution < 1.29 is 18.0 Å². The minimum Gasteiger partial charge on any atom is -0.370 e. The summed E-state index contributed by atoms with van der Waals surface area (Å²) in [6.07, 6.45) is -3.44. The number of hydrogen-bond acceptors (Lipinski definition) is 6. The summed E-state index contributed by atoms with van der Waals surface area (Å²) in [5.41, 5.74) is 1.12. The smallest absolute Gasteiger partial charge is 0.370 e. The molecule has 11 heteroatoms. The van der Waals surface area contributed by atoms with Crippen LogP contribution in [0.15, 0.2) is 42.5 Å². The Bertz CT molecular complexity index is 1090. The lowest BCUT2D eigenvalue weighted by Crippen LogP contribution is -2.45. The molecule has 3 aromatic rings. The van der Waals surface area contributed by atoms with Crippen LogP contribution in [0.4, 0.5) is 24.7 Å². The number of nitrogens with one attached hydrogen (secondary N) is 1. The van der Waals surface area contributed by atoms with E-state index in [0.717, 1.165) is 10.2 Å². The Balaban J connectivity index is 1.32. The third-order valence-electron chi connectivity index (χ3n) is 6.09. The second kappa shape index (κ2) is 9.24. The normalized spacial score (nSPS) is 16.1. The molecule has 1 aliphatic heterocycles. The summed E-state index contributed by atoms with van der Waals surface area (Å²) in [5, 5.41) is 13.9. The van der Waals surface area contributed by atoms with Gasteiger partial charge in [0.15, 0.2) is 5.65 Å². The number of carbonyl (C=O) groups excluding carboxylic acids is 1. The fourth-order valence-electron chi connectivity index (χ4n) is 3.94. The van der Waals surface area contributed by atoms with E-state index in [-0.39, 0.29) is 23.5 Å². The molecule has 0 aliphatic carbocycles. The van der Waals surface area contributed by atoms with Gasteiger partial charge in [0.25, 0.3) is 5.82 Å². The highest BCUT2D eigenvalue weighted by Gasteiger charge is 2.38. The Kier molecular flexibility index (Phi) is 6.39. The number of para-hydroxylation sites is 1. The Morgan fingerprint density at radius 3 is 2.52 bits per heavy atom. The number of nitrogens with zero attached hydrogens (tertiary/aromatic N) is 6. The van der Waals surface area contributed by atoms with Crippen molar-refractivity contribution in [2.45, 2.75) is 32.0 Å². The largest absolute Gasteiger partial charge is 0.453 e. The third-order valence-corrected chi connectivity index (χ3v) is 6.09. The molecule has 0 radical (unpaired) electrons. The second-order valence-corrected chi connectivity index (χ2v) is 8.28. The van der Waals surface area contributed by atoms with Gasteiger partial charge in [-0.05, 0) is 44.0 Å². The Morgan fingerprint density at radius 2 is 1.85 bits per heavy atom. The first-order valence-corrected chi connectivity index (χ1v) is 10.8. The minimum atomic E-state index is -4.64. The highest BCUT2D eigenvalue weighted by molar-refractivity contribution is 5.79. The van der Waals surface area contributed by atoms with Crippen LogP contribution >= 0.6 is 0 Å². The molecule has 0 saturated carbocycles. The number of carbonyl (C=O) groups is 1. The number of anilines is 2. The molecule has 4 rings (SSSR count). The van der Waals surface area contributed by atoms with Gasteiger partial charge in [-0.25, -0.2) is 0 Å². The van der Waals surface area contributed by atoms with E-state index in [4.69, 9.17) is 0 Å². The number of benzene rings is 1. The van der Waals surface area contributed by atoms with Crippen molar-refractivity contribution in [2.75, 3.05) is 36.5 Å². The summed E-state index contributed by atoms with van der Waals surface area (Å²) in [7, 11) is 1.99. The molecule has 1 amide bonds. The molecule has 1 atom stereocenters. The van der Waals surface area contributed by atoms with Crippen LogP contribution in [0.1, 0.15) is 25.6 Å². The molecule has 2 aromatic heterocycles. The van der Waals surface area contributed by atoms with E-state index in [1.165, 1.54) is 6.07 Å². The number of hydrogen-bond donors (Lipinski definition) is 1. The lowest BCUT2D eigenvalue weighted by atomic mass is 9.96. The predicted octanol–water partition coefficient (Wildman–Crippen LogP) is 3.00. The Hall–Kier alpha value is -3.37. The highest BCUT2D eigenvalue weighted by atomic mass is 19.4. The minimum absolute atomic E-state index is 0.00420. The van der Waals surface area contributed by atoms with Gasteiger partial charge in [0.05, 0.1) is 0 Å². The second-order valence-electron chi connectivity index (χ2n) is 8.28. The van der Waals surface area contributed by atoms with Crippen molar-refractivity contribution in [3.63, 3.8) is 0 Å². The lowest BCUT2D eigenvalue weighted by molar-refractivity contribution is -0.146. The summed E-state index contributed by atoms with van der Waals surface area (Å²) < 4.78 is 40.1. The zero-order valence-corrected chi connectivity index (χ0v) is 18.5. The van der Waals surface area contributed by atoms with Crippen LogP contribution in [0.3, 0.4) is 0 Å². The summed E-state index contributed by atoms with van der Waals surface area (Å²) in [5.74, 6) is -0.877. The van der Waals surface area contributed by atoms with Crippen molar-refractivity contribution in [1.29, 1.82) is 0 Å². The number of alkyl halides is 3. The molecule has 176 valence electrons.